The first kappa shape index (κ1) is 14.5. The maximum absolute atomic E-state index is 11.0. The molecule has 0 aromatic heterocycles. The molecular formula is C14H27NO2. The van der Waals surface area contributed by atoms with Gasteiger partial charge in [0.25, 0.3) is 0 Å². The summed E-state index contributed by atoms with van der Waals surface area (Å²) >= 11 is 0. The average molecular weight is 241 g/mol. The van der Waals surface area contributed by atoms with E-state index in [-0.39, 0.29) is 6.54 Å². The summed E-state index contributed by atoms with van der Waals surface area (Å²) in [5.41, 5.74) is 0.359. The van der Waals surface area contributed by atoms with Crippen molar-refractivity contribution in [2.45, 2.75) is 53.5 Å². The minimum Gasteiger partial charge on any atom is -0.480 e. The van der Waals surface area contributed by atoms with Gasteiger partial charge in [-0.15, -0.1) is 0 Å². The first-order valence-electron chi connectivity index (χ1n) is 6.67. The molecule has 1 aliphatic rings. The van der Waals surface area contributed by atoms with Crippen LogP contribution < -0.4 is 0 Å². The Morgan fingerprint density at radius 3 is 2.35 bits per heavy atom. The summed E-state index contributed by atoms with van der Waals surface area (Å²) in [5.74, 6) is 0.413. The van der Waals surface area contributed by atoms with Gasteiger partial charge in [0.1, 0.15) is 0 Å². The zero-order valence-corrected chi connectivity index (χ0v) is 11.9. The van der Waals surface area contributed by atoms with E-state index < -0.39 is 5.97 Å². The maximum atomic E-state index is 11.0. The minimum atomic E-state index is -0.706. The van der Waals surface area contributed by atoms with Gasteiger partial charge < -0.3 is 5.11 Å². The van der Waals surface area contributed by atoms with Crippen molar-refractivity contribution in [1.29, 1.82) is 0 Å². The molecule has 1 rings (SSSR count). The van der Waals surface area contributed by atoms with Crippen LogP contribution in [0.5, 0.6) is 0 Å². The molecule has 0 aromatic rings. The molecule has 0 bridgehead atoms. The van der Waals surface area contributed by atoms with E-state index in [1.165, 1.54) is 6.42 Å². The normalized spacial score (nSPS) is 27.9. The summed E-state index contributed by atoms with van der Waals surface area (Å²) in [6.45, 7) is 12.2. The smallest absolute Gasteiger partial charge is 0.317 e. The van der Waals surface area contributed by atoms with Crippen molar-refractivity contribution in [2.24, 2.45) is 17.3 Å². The zero-order valence-electron chi connectivity index (χ0n) is 11.9. The van der Waals surface area contributed by atoms with Crippen LogP contribution in [0.25, 0.3) is 0 Å². The molecule has 0 aromatic carbocycles. The van der Waals surface area contributed by atoms with Gasteiger partial charge in [0.05, 0.1) is 6.54 Å². The Balaban J connectivity index is 2.72. The lowest BCUT2D eigenvalue weighted by Gasteiger charge is -2.32. The Bertz CT molecular complexity index is 273. The summed E-state index contributed by atoms with van der Waals surface area (Å²) in [4.78, 5) is 13.1. The van der Waals surface area contributed by atoms with Crippen LogP contribution in [0.1, 0.15) is 47.5 Å². The van der Waals surface area contributed by atoms with E-state index in [9.17, 15) is 4.79 Å². The quantitative estimate of drug-likeness (QED) is 0.804. The fourth-order valence-corrected chi connectivity index (χ4v) is 3.31. The molecular weight excluding hydrogens is 214 g/mol. The SMILES string of the molecule is CC(C)CN(CC(=O)O)C1CC(C)(C)CC1C. The molecule has 0 amide bonds. The van der Waals surface area contributed by atoms with Gasteiger partial charge in [0, 0.05) is 12.6 Å². The molecule has 1 saturated carbocycles. The second kappa shape index (κ2) is 5.38. The van der Waals surface area contributed by atoms with Crippen LogP contribution in [-0.4, -0.2) is 35.1 Å². The Hall–Kier alpha value is -0.570. The summed E-state index contributed by atoms with van der Waals surface area (Å²) in [6, 6.07) is 0.434. The molecule has 1 fully saturated rings. The summed E-state index contributed by atoms with van der Waals surface area (Å²) in [6.07, 6.45) is 2.32. The largest absolute Gasteiger partial charge is 0.480 e. The topological polar surface area (TPSA) is 40.5 Å². The van der Waals surface area contributed by atoms with Gasteiger partial charge in [0.2, 0.25) is 0 Å². The van der Waals surface area contributed by atoms with Crippen LogP contribution in [0.15, 0.2) is 0 Å². The molecule has 2 unspecified atom stereocenters. The molecule has 0 heterocycles. The second-order valence-corrected chi connectivity index (χ2v) is 6.83. The molecule has 2 atom stereocenters. The number of carboxylic acids is 1. The number of carboxylic acid groups (broad SMARTS) is 1. The lowest BCUT2D eigenvalue weighted by atomic mass is 9.91. The van der Waals surface area contributed by atoms with E-state index in [4.69, 9.17) is 5.11 Å². The van der Waals surface area contributed by atoms with Crippen LogP contribution in [0.4, 0.5) is 0 Å². The Morgan fingerprint density at radius 2 is 2.00 bits per heavy atom. The number of aliphatic carboxylic acids is 1. The maximum Gasteiger partial charge on any atom is 0.317 e. The standard InChI is InChI=1S/C14H27NO2/c1-10(2)8-15(9-13(16)17)12-7-14(4,5)6-11(12)3/h10-12H,6-9H2,1-5H3,(H,16,17). The van der Waals surface area contributed by atoms with E-state index in [2.05, 4.69) is 39.5 Å². The second-order valence-electron chi connectivity index (χ2n) is 6.83. The minimum absolute atomic E-state index is 0.184. The highest BCUT2D eigenvalue weighted by molar-refractivity contribution is 5.69. The average Bonchev–Trinajstić information content (AvgIpc) is 2.36. The predicted molar refractivity (Wildman–Crippen MR) is 70.0 cm³/mol. The highest BCUT2D eigenvalue weighted by atomic mass is 16.4. The van der Waals surface area contributed by atoms with Gasteiger partial charge in [0.15, 0.2) is 0 Å². The van der Waals surface area contributed by atoms with Crippen LogP contribution in [0.3, 0.4) is 0 Å². The van der Waals surface area contributed by atoms with Crippen molar-refractivity contribution in [3.05, 3.63) is 0 Å². The zero-order chi connectivity index (χ0) is 13.2. The molecule has 3 nitrogen and oxygen atoms in total. The first-order valence-corrected chi connectivity index (χ1v) is 6.67. The number of nitrogens with zero attached hydrogens (tertiary/aromatic N) is 1. The molecule has 100 valence electrons. The van der Waals surface area contributed by atoms with Crippen LogP contribution in [-0.2, 0) is 4.79 Å². The third-order valence-corrected chi connectivity index (χ3v) is 3.70. The molecule has 0 aliphatic heterocycles. The van der Waals surface area contributed by atoms with Crippen LogP contribution >= 0.6 is 0 Å². The van der Waals surface area contributed by atoms with Gasteiger partial charge in [-0.3, -0.25) is 9.69 Å². The van der Waals surface area contributed by atoms with Gasteiger partial charge >= 0.3 is 5.97 Å². The summed E-state index contributed by atoms with van der Waals surface area (Å²) < 4.78 is 0. The number of hydrogen-bond acceptors (Lipinski definition) is 2. The molecule has 0 spiro atoms. The van der Waals surface area contributed by atoms with Crippen molar-refractivity contribution < 1.29 is 9.90 Å². The van der Waals surface area contributed by atoms with E-state index >= 15 is 0 Å². The lowest BCUT2D eigenvalue weighted by molar-refractivity contribution is -0.139. The Morgan fingerprint density at radius 1 is 1.41 bits per heavy atom. The summed E-state index contributed by atoms with van der Waals surface area (Å²) in [7, 11) is 0. The number of carbonyl (C=O) groups is 1. The van der Waals surface area contributed by atoms with Crippen LogP contribution in [0, 0.1) is 17.3 Å². The van der Waals surface area contributed by atoms with Crippen molar-refractivity contribution >= 4 is 5.97 Å². The molecule has 17 heavy (non-hydrogen) atoms. The van der Waals surface area contributed by atoms with Crippen LogP contribution in [0.2, 0.25) is 0 Å². The van der Waals surface area contributed by atoms with Crippen molar-refractivity contribution in [2.75, 3.05) is 13.1 Å². The van der Waals surface area contributed by atoms with Crippen molar-refractivity contribution in [1.82, 2.24) is 4.90 Å². The monoisotopic (exact) mass is 241 g/mol. The third-order valence-electron chi connectivity index (χ3n) is 3.70. The molecule has 3 heteroatoms. The fourth-order valence-electron chi connectivity index (χ4n) is 3.31. The van der Waals surface area contributed by atoms with Gasteiger partial charge in [-0.2, -0.15) is 0 Å². The highest BCUT2D eigenvalue weighted by Crippen LogP contribution is 2.43. The molecule has 0 saturated heterocycles. The fraction of sp³-hybridized carbons (Fsp3) is 0.929. The molecule has 1 aliphatic carbocycles. The first-order chi connectivity index (χ1) is 7.71. The van der Waals surface area contributed by atoms with Gasteiger partial charge in [-0.25, -0.2) is 0 Å². The van der Waals surface area contributed by atoms with E-state index in [0.29, 0.717) is 23.3 Å². The molecule has 1 N–H and O–H groups in total. The van der Waals surface area contributed by atoms with Gasteiger partial charge in [-0.05, 0) is 30.1 Å². The summed E-state index contributed by atoms with van der Waals surface area (Å²) in [5, 5.41) is 9.03. The lowest BCUT2D eigenvalue weighted by Crippen LogP contribution is -2.42. The van der Waals surface area contributed by atoms with E-state index in [0.717, 1.165) is 13.0 Å². The Kier molecular flexibility index (Phi) is 4.59. The van der Waals surface area contributed by atoms with Crippen molar-refractivity contribution in [3.63, 3.8) is 0 Å². The van der Waals surface area contributed by atoms with E-state index in [1.807, 2.05) is 0 Å². The number of rotatable bonds is 5. The predicted octanol–water partition coefficient (Wildman–Crippen LogP) is 2.85. The Labute approximate surface area is 105 Å². The molecule has 0 radical (unpaired) electrons. The van der Waals surface area contributed by atoms with E-state index in [1.54, 1.807) is 0 Å². The number of hydrogen-bond donors (Lipinski definition) is 1. The highest BCUT2D eigenvalue weighted by Gasteiger charge is 2.40. The third kappa shape index (κ3) is 4.30. The van der Waals surface area contributed by atoms with Gasteiger partial charge in [-0.1, -0.05) is 34.6 Å². The van der Waals surface area contributed by atoms with Crippen molar-refractivity contribution in [3.8, 4) is 0 Å².